The minimum absolute atomic E-state index is 0.0114. The quantitative estimate of drug-likeness (QED) is 0.826. The third-order valence-electron chi connectivity index (χ3n) is 3.13. The minimum atomic E-state index is -3.03. The van der Waals surface area contributed by atoms with Crippen LogP contribution in [-0.4, -0.2) is 35.0 Å². The van der Waals surface area contributed by atoms with Crippen molar-refractivity contribution < 1.29 is 13.5 Å². The van der Waals surface area contributed by atoms with E-state index < -0.39 is 9.84 Å². The third kappa shape index (κ3) is 2.55. The molecule has 0 radical (unpaired) electrons. The Morgan fingerprint density at radius 3 is 2.72 bits per heavy atom. The lowest BCUT2D eigenvalue weighted by atomic mass is 10.1. The van der Waals surface area contributed by atoms with Crippen LogP contribution in [0.25, 0.3) is 0 Å². The molecular formula is C11H16N2O4S. The van der Waals surface area contributed by atoms with Gasteiger partial charge in [0.15, 0.2) is 9.84 Å². The highest BCUT2D eigenvalue weighted by molar-refractivity contribution is 7.91. The molecule has 0 bridgehead atoms. The summed E-state index contributed by atoms with van der Waals surface area (Å²) >= 11 is 0. The van der Waals surface area contributed by atoms with Gasteiger partial charge in [-0.1, -0.05) is 13.3 Å². The Morgan fingerprint density at radius 1 is 1.50 bits per heavy atom. The molecule has 0 aliphatic carbocycles. The molecule has 1 aliphatic rings. The standard InChI is InChI=1S/C11H16N2O4S/c1-2-3-8-10(14)12-9(13-11(8)15)7-4-5-18(16,17)6-7/h7H,2-6H2,1H3,(H2,12,13,14,15). The highest BCUT2D eigenvalue weighted by Gasteiger charge is 2.31. The largest absolute Gasteiger partial charge is 0.493 e. The predicted octanol–water partition coefficient (Wildman–Crippen LogP) is 0.330. The molecule has 0 aromatic carbocycles. The predicted molar refractivity (Wildman–Crippen MR) is 66.5 cm³/mol. The summed E-state index contributed by atoms with van der Waals surface area (Å²) in [4.78, 5) is 18.3. The second-order valence-electron chi connectivity index (χ2n) is 4.60. The Morgan fingerprint density at radius 2 is 2.22 bits per heavy atom. The van der Waals surface area contributed by atoms with E-state index in [2.05, 4.69) is 9.97 Å². The zero-order valence-corrected chi connectivity index (χ0v) is 11.0. The molecule has 18 heavy (non-hydrogen) atoms. The van der Waals surface area contributed by atoms with E-state index in [1.165, 1.54) is 0 Å². The van der Waals surface area contributed by atoms with Gasteiger partial charge in [-0.05, 0) is 12.8 Å². The molecule has 6 nitrogen and oxygen atoms in total. The van der Waals surface area contributed by atoms with Crippen molar-refractivity contribution >= 4 is 9.84 Å². The summed E-state index contributed by atoms with van der Waals surface area (Å²) in [6.45, 7) is 1.90. The van der Waals surface area contributed by atoms with Gasteiger partial charge in [0.25, 0.3) is 5.56 Å². The zero-order valence-electron chi connectivity index (χ0n) is 10.1. The monoisotopic (exact) mass is 272 g/mol. The van der Waals surface area contributed by atoms with Gasteiger partial charge in [-0.2, -0.15) is 4.98 Å². The Labute approximate surface area is 105 Å². The van der Waals surface area contributed by atoms with Crippen LogP contribution in [-0.2, 0) is 16.3 Å². The first kappa shape index (κ1) is 13.1. The van der Waals surface area contributed by atoms with Gasteiger partial charge in [-0.3, -0.25) is 4.79 Å². The molecule has 2 heterocycles. The van der Waals surface area contributed by atoms with Gasteiger partial charge in [-0.15, -0.1) is 0 Å². The van der Waals surface area contributed by atoms with E-state index in [0.717, 1.165) is 6.42 Å². The van der Waals surface area contributed by atoms with Gasteiger partial charge < -0.3 is 10.1 Å². The number of H-pyrrole nitrogens is 1. The van der Waals surface area contributed by atoms with Crippen molar-refractivity contribution in [2.75, 3.05) is 11.5 Å². The Balaban J connectivity index is 2.34. The van der Waals surface area contributed by atoms with E-state index in [-0.39, 0.29) is 40.3 Å². The van der Waals surface area contributed by atoms with Crippen molar-refractivity contribution in [3.8, 4) is 5.88 Å². The van der Waals surface area contributed by atoms with Gasteiger partial charge in [0, 0.05) is 5.92 Å². The summed E-state index contributed by atoms with van der Waals surface area (Å²) in [5.74, 6) is -0.218. The van der Waals surface area contributed by atoms with Crippen molar-refractivity contribution in [1.82, 2.24) is 9.97 Å². The van der Waals surface area contributed by atoms with E-state index in [0.29, 0.717) is 12.8 Å². The van der Waals surface area contributed by atoms with Gasteiger partial charge in [0.2, 0.25) is 5.88 Å². The van der Waals surface area contributed by atoms with Crippen LogP contribution in [0, 0.1) is 0 Å². The summed E-state index contributed by atoms with van der Waals surface area (Å²) < 4.78 is 22.7. The number of nitrogens with one attached hydrogen (secondary N) is 1. The lowest BCUT2D eigenvalue weighted by molar-refractivity contribution is 0.436. The van der Waals surface area contributed by atoms with Crippen molar-refractivity contribution in [3.63, 3.8) is 0 Å². The van der Waals surface area contributed by atoms with E-state index in [9.17, 15) is 18.3 Å². The summed E-state index contributed by atoms with van der Waals surface area (Å²) in [5.41, 5.74) is -0.106. The van der Waals surface area contributed by atoms with Crippen LogP contribution in [0.15, 0.2) is 4.79 Å². The van der Waals surface area contributed by atoms with Crippen LogP contribution in [0.5, 0.6) is 5.88 Å². The lowest BCUT2D eigenvalue weighted by Crippen LogP contribution is -2.19. The number of sulfone groups is 1. The summed E-state index contributed by atoms with van der Waals surface area (Å²) in [7, 11) is -3.03. The average molecular weight is 272 g/mol. The van der Waals surface area contributed by atoms with Crippen LogP contribution < -0.4 is 5.56 Å². The normalized spacial score (nSPS) is 22.2. The second kappa shape index (κ2) is 4.72. The fourth-order valence-electron chi connectivity index (χ4n) is 2.18. The van der Waals surface area contributed by atoms with E-state index >= 15 is 0 Å². The number of aromatic hydroxyl groups is 1. The van der Waals surface area contributed by atoms with Crippen molar-refractivity contribution in [2.24, 2.45) is 0 Å². The van der Waals surface area contributed by atoms with Gasteiger partial charge in [-0.25, -0.2) is 8.42 Å². The topological polar surface area (TPSA) is 100 Å². The maximum absolute atomic E-state index is 11.8. The fourth-order valence-corrected chi connectivity index (χ4v) is 3.93. The van der Waals surface area contributed by atoms with Crippen LogP contribution in [0.3, 0.4) is 0 Å². The molecule has 1 aliphatic heterocycles. The smallest absolute Gasteiger partial charge is 0.257 e. The first-order valence-electron chi connectivity index (χ1n) is 5.95. The highest BCUT2D eigenvalue weighted by atomic mass is 32.2. The number of nitrogens with zero attached hydrogens (tertiary/aromatic N) is 1. The molecule has 1 atom stereocenters. The molecule has 1 aromatic rings. The van der Waals surface area contributed by atoms with Crippen LogP contribution >= 0.6 is 0 Å². The van der Waals surface area contributed by atoms with E-state index in [1.54, 1.807) is 0 Å². The molecule has 1 saturated heterocycles. The van der Waals surface area contributed by atoms with Crippen molar-refractivity contribution in [2.45, 2.75) is 32.1 Å². The van der Waals surface area contributed by atoms with Gasteiger partial charge in [0.05, 0.1) is 17.1 Å². The minimum Gasteiger partial charge on any atom is -0.493 e. The van der Waals surface area contributed by atoms with Gasteiger partial charge in [0.1, 0.15) is 5.82 Å². The van der Waals surface area contributed by atoms with E-state index in [1.807, 2.05) is 6.92 Å². The van der Waals surface area contributed by atoms with Crippen molar-refractivity contribution in [3.05, 3.63) is 21.7 Å². The Bertz CT molecular complexity index is 606. The molecule has 2 rings (SSSR count). The molecule has 0 amide bonds. The molecule has 1 aromatic heterocycles. The number of rotatable bonds is 3. The SMILES string of the molecule is CCCc1c(O)nc(C2CCS(=O)(=O)C2)[nH]c1=O. The van der Waals surface area contributed by atoms with Gasteiger partial charge >= 0.3 is 0 Å². The molecule has 0 spiro atoms. The van der Waals surface area contributed by atoms with Crippen LogP contribution in [0.4, 0.5) is 0 Å². The number of hydrogen-bond donors (Lipinski definition) is 2. The average Bonchev–Trinajstić information content (AvgIpc) is 2.64. The lowest BCUT2D eigenvalue weighted by Gasteiger charge is -2.09. The highest BCUT2D eigenvalue weighted by Crippen LogP contribution is 2.27. The maximum atomic E-state index is 11.8. The molecule has 1 fully saturated rings. The summed E-state index contributed by atoms with van der Waals surface area (Å²) in [6, 6.07) is 0. The summed E-state index contributed by atoms with van der Waals surface area (Å²) in [6.07, 6.45) is 1.63. The number of hydrogen-bond acceptors (Lipinski definition) is 5. The molecular weight excluding hydrogens is 256 g/mol. The number of aromatic nitrogens is 2. The first-order valence-corrected chi connectivity index (χ1v) is 7.77. The molecule has 100 valence electrons. The number of aromatic amines is 1. The Kier molecular flexibility index (Phi) is 3.43. The zero-order chi connectivity index (χ0) is 13.3. The first-order chi connectivity index (χ1) is 8.43. The van der Waals surface area contributed by atoms with E-state index in [4.69, 9.17) is 0 Å². The van der Waals surface area contributed by atoms with Crippen molar-refractivity contribution in [1.29, 1.82) is 0 Å². The van der Waals surface area contributed by atoms with Crippen LogP contribution in [0.1, 0.15) is 37.1 Å². The second-order valence-corrected chi connectivity index (χ2v) is 6.83. The van der Waals surface area contributed by atoms with Crippen LogP contribution in [0.2, 0.25) is 0 Å². The molecule has 7 heteroatoms. The third-order valence-corrected chi connectivity index (χ3v) is 4.90. The molecule has 2 N–H and O–H groups in total. The molecule has 0 saturated carbocycles. The Hall–Kier alpha value is -1.37. The summed E-state index contributed by atoms with van der Waals surface area (Å²) in [5, 5.41) is 9.71. The molecule has 1 unspecified atom stereocenters. The maximum Gasteiger partial charge on any atom is 0.257 e. The fraction of sp³-hybridized carbons (Fsp3) is 0.636.